The Balaban J connectivity index is 1.63. The molecule has 0 spiro atoms. The molecule has 0 unspecified atom stereocenters. The maximum absolute atomic E-state index is 12.3. The van der Waals surface area contributed by atoms with Crippen molar-refractivity contribution in [2.75, 3.05) is 26.7 Å². The lowest BCUT2D eigenvalue weighted by atomic mass is 10.1. The Morgan fingerprint density at radius 3 is 2.93 bits per heavy atom. The van der Waals surface area contributed by atoms with Crippen molar-refractivity contribution in [2.45, 2.75) is 37.4 Å². The second-order valence-corrected chi connectivity index (χ2v) is 6.55. The van der Waals surface area contributed by atoms with Gasteiger partial charge in [-0.25, -0.2) is 25.6 Å². The fourth-order valence-corrected chi connectivity index (χ4v) is 3.18. The van der Waals surface area contributed by atoms with Crippen molar-refractivity contribution in [3.8, 4) is 0 Å². The summed E-state index contributed by atoms with van der Waals surface area (Å²) in [7, 11) is 1.87. The molecule has 0 aromatic heterocycles. The largest absolute Gasteiger partial charge is 0.387 e. The number of amidine groups is 2. The molecule has 0 bridgehead atoms. The van der Waals surface area contributed by atoms with Gasteiger partial charge < -0.3 is 24.7 Å². The number of rotatable bonds is 8. The van der Waals surface area contributed by atoms with E-state index in [0.717, 1.165) is 30.6 Å². The van der Waals surface area contributed by atoms with Crippen LogP contribution in [-0.4, -0.2) is 101 Å². The summed E-state index contributed by atoms with van der Waals surface area (Å²) in [6.45, 7) is 1.56. The van der Waals surface area contributed by atoms with Gasteiger partial charge in [0.1, 0.15) is 24.7 Å². The van der Waals surface area contributed by atoms with Gasteiger partial charge in [0.25, 0.3) is 0 Å². The Hall–Kier alpha value is -2.09. The number of nitrogens with two attached hydrogens (primary N) is 1. The maximum atomic E-state index is 12.3. The van der Waals surface area contributed by atoms with Crippen LogP contribution in [0.15, 0.2) is 15.0 Å². The second kappa shape index (κ2) is 8.29. The normalized spacial score (nSPS) is 30.2. The lowest BCUT2D eigenvalue weighted by Crippen LogP contribution is -2.49. The van der Waals surface area contributed by atoms with Crippen LogP contribution in [0.5, 0.6) is 0 Å². The molecule has 2 amide bonds. The number of aliphatic hydroxyl groups excluding tert-OH is 2. The number of amides is 2. The van der Waals surface area contributed by atoms with E-state index in [0.29, 0.717) is 13.2 Å². The summed E-state index contributed by atoms with van der Waals surface area (Å²) in [6, 6.07) is -0.717. The Morgan fingerprint density at radius 2 is 2.19 bits per heavy atom. The molecule has 0 aromatic carbocycles. The first kappa shape index (κ1) is 19.7. The average molecular weight is 381 g/mol. The van der Waals surface area contributed by atoms with Crippen molar-refractivity contribution < 1.29 is 24.6 Å². The van der Waals surface area contributed by atoms with Crippen LogP contribution in [0.3, 0.4) is 0 Å². The molecule has 1 saturated heterocycles. The van der Waals surface area contributed by atoms with Crippen molar-refractivity contribution in [3.05, 3.63) is 0 Å². The lowest BCUT2D eigenvalue weighted by Gasteiger charge is -2.26. The molecule has 0 aromatic rings. The molecule has 3 aliphatic rings. The van der Waals surface area contributed by atoms with Gasteiger partial charge in [-0.3, -0.25) is 5.41 Å². The van der Waals surface area contributed by atoms with Gasteiger partial charge >= 0.3 is 6.03 Å². The minimum absolute atomic E-state index is 0.0236. The van der Waals surface area contributed by atoms with Crippen LogP contribution in [-0.2, 0) is 9.57 Å². The number of hydrogen-bond donors (Lipinski definition) is 4. The molecular formula is C15H23N7O5. The Kier molecular flexibility index (Phi) is 6.04. The summed E-state index contributed by atoms with van der Waals surface area (Å²) >= 11 is 0. The number of carbonyl (C=O) groups excluding carboxylic acids is 1. The van der Waals surface area contributed by atoms with Crippen molar-refractivity contribution in [2.24, 2.45) is 20.9 Å². The van der Waals surface area contributed by atoms with E-state index in [1.807, 2.05) is 11.9 Å². The van der Waals surface area contributed by atoms with Gasteiger partial charge in [0.05, 0.1) is 6.61 Å². The van der Waals surface area contributed by atoms with Crippen molar-refractivity contribution in [1.82, 2.24) is 9.80 Å². The van der Waals surface area contributed by atoms with Crippen LogP contribution in [0.4, 0.5) is 4.79 Å². The number of urea groups is 1. The third kappa shape index (κ3) is 3.95. The van der Waals surface area contributed by atoms with E-state index in [1.54, 1.807) is 0 Å². The first-order chi connectivity index (χ1) is 12.9. The fourth-order valence-electron chi connectivity index (χ4n) is 3.18. The summed E-state index contributed by atoms with van der Waals surface area (Å²) in [6.07, 6.45) is -1.57. The van der Waals surface area contributed by atoms with Crippen LogP contribution < -0.4 is 5.90 Å². The molecule has 0 radical (unpaired) electrons. The van der Waals surface area contributed by atoms with E-state index in [1.165, 1.54) is 0 Å². The Labute approximate surface area is 155 Å². The Bertz CT molecular complexity index is 694. The molecule has 0 aliphatic carbocycles. The number of nitrogens with zero attached hydrogens (tertiary/aromatic N) is 5. The number of unbranched alkanes of at least 4 members (excludes halogenated alkanes) is 1. The maximum Gasteiger partial charge on any atom is 0.352 e. The number of ether oxygens (including phenoxy) is 1. The van der Waals surface area contributed by atoms with E-state index in [2.05, 4.69) is 19.8 Å². The third-order valence-electron chi connectivity index (χ3n) is 4.58. The van der Waals surface area contributed by atoms with Gasteiger partial charge in [0.2, 0.25) is 0 Å². The van der Waals surface area contributed by atoms with Crippen molar-refractivity contribution >= 4 is 29.8 Å². The smallest absolute Gasteiger partial charge is 0.352 e. The number of carbonyl (C=O) groups is 1. The number of aliphatic imine (C=N–C) groups is 3. The molecule has 12 heteroatoms. The van der Waals surface area contributed by atoms with Crippen molar-refractivity contribution in [3.63, 3.8) is 0 Å². The van der Waals surface area contributed by atoms with Crippen LogP contribution in [0.25, 0.3) is 0 Å². The molecular weight excluding hydrogens is 358 g/mol. The van der Waals surface area contributed by atoms with E-state index in [9.17, 15) is 15.0 Å². The molecule has 3 aliphatic heterocycles. The van der Waals surface area contributed by atoms with Crippen molar-refractivity contribution in [1.29, 1.82) is 5.41 Å². The summed E-state index contributed by atoms with van der Waals surface area (Å²) in [4.78, 5) is 31.2. The van der Waals surface area contributed by atoms with Crippen LogP contribution in [0.2, 0.25) is 0 Å². The minimum atomic E-state index is -1.33. The number of nitrogens with one attached hydrogen (secondary N) is 1. The number of fused-ring (bicyclic) bond motifs is 1. The predicted molar refractivity (Wildman–Crippen MR) is 95.9 cm³/mol. The third-order valence-corrected chi connectivity index (χ3v) is 4.58. The van der Waals surface area contributed by atoms with Crippen LogP contribution >= 0.6 is 0 Å². The summed E-state index contributed by atoms with van der Waals surface area (Å²) in [5.41, 5.74) is 0.0236. The number of likely N-dealkylation sites (N-methyl/N-ethyl adjacent to an activating group) is 1. The first-order valence-corrected chi connectivity index (χ1v) is 8.57. The van der Waals surface area contributed by atoms with Crippen LogP contribution in [0, 0.1) is 5.41 Å². The lowest BCUT2D eigenvalue weighted by molar-refractivity contribution is -0.0486. The highest BCUT2D eigenvalue weighted by Crippen LogP contribution is 2.28. The van der Waals surface area contributed by atoms with E-state index < -0.39 is 30.6 Å². The molecule has 3 heterocycles. The van der Waals surface area contributed by atoms with Crippen LogP contribution in [0.1, 0.15) is 12.8 Å². The highest BCUT2D eigenvalue weighted by atomic mass is 16.6. The van der Waals surface area contributed by atoms with Gasteiger partial charge in [-0.1, -0.05) is 0 Å². The molecule has 12 nitrogen and oxygen atoms in total. The van der Waals surface area contributed by atoms with Gasteiger partial charge in [-0.2, -0.15) is 4.99 Å². The van der Waals surface area contributed by atoms with Gasteiger partial charge in [-0.15, -0.1) is 0 Å². The monoisotopic (exact) mass is 381 g/mol. The quantitative estimate of drug-likeness (QED) is 0.288. The molecule has 3 rings (SSSR count). The molecule has 1 fully saturated rings. The summed E-state index contributed by atoms with van der Waals surface area (Å²) < 4.78 is 5.77. The fraction of sp³-hybridized carbons (Fsp3) is 0.667. The zero-order valence-electron chi connectivity index (χ0n) is 14.9. The van der Waals surface area contributed by atoms with Gasteiger partial charge in [0.15, 0.2) is 23.6 Å². The van der Waals surface area contributed by atoms with E-state index >= 15 is 0 Å². The molecule has 0 saturated carbocycles. The van der Waals surface area contributed by atoms with E-state index in [-0.39, 0.29) is 17.4 Å². The Morgan fingerprint density at radius 1 is 1.41 bits per heavy atom. The number of aliphatic hydroxyl groups is 2. The second-order valence-electron chi connectivity index (χ2n) is 6.55. The average Bonchev–Trinajstić information content (AvgIpc) is 3.11. The summed E-state index contributed by atoms with van der Waals surface area (Å²) in [5.74, 6) is 4.88. The number of hydrogen-bond acceptors (Lipinski definition) is 9. The molecule has 148 valence electrons. The predicted octanol–water partition coefficient (Wildman–Crippen LogP) is -1.67. The SMILES string of the molecule is CN(CCCCON)C[C@H]1O[C@@H](N2C(=O)N=C3C(=N)N=CN=C32)[C@H](O)[C@@H]1O. The topological polar surface area (TPSA) is 169 Å². The molecule has 27 heavy (non-hydrogen) atoms. The van der Waals surface area contributed by atoms with E-state index in [4.69, 9.17) is 16.0 Å². The van der Waals surface area contributed by atoms with Gasteiger partial charge in [0, 0.05) is 6.54 Å². The first-order valence-electron chi connectivity index (χ1n) is 8.57. The summed E-state index contributed by atoms with van der Waals surface area (Å²) in [5, 5.41) is 28.5. The zero-order valence-corrected chi connectivity index (χ0v) is 14.9. The minimum Gasteiger partial charge on any atom is -0.387 e. The molecule has 4 atom stereocenters. The standard InChI is InChI=1S/C15H23N7O5/c1-21(4-2-3-5-26-17)6-8-10(23)11(24)14(27-8)22-13-9(20-15(22)25)12(16)18-7-19-13/h7-8,10-11,14,16,23-24H,2-6,17H2,1H3/t8-,10-,11-,14-/m1/s1. The highest BCUT2D eigenvalue weighted by Gasteiger charge is 2.51. The molecule has 5 N–H and O–H groups in total. The van der Waals surface area contributed by atoms with Gasteiger partial charge in [-0.05, 0) is 26.4 Å². The zero-order chi connectivity index (χ0) is 19.6. The highest BCUT2D eigenvalue weighted by molar-refractivity contribution is 6.72.